The molecular formula is C15H23NO3. The number of ether oxygens (including phenoxy) is 3. The highest BCUT2D eigenvalue weighted by Gasteiger charge is 2.31. The van der Waals surface area contributed by atoms with Crippen LogP contribution >= 0.6 is 0 Å². The fourth-order valence-electron chi connectivity index (χ4n) is 2.31. The van der Waals surface area contributed by atoms with Crippen molar-refractivity contribution in [1.82, 2.24) is 0 Å². The topological polar surface area (TPSA) is 53.7 Å². The predicted octanol–water partition coefficient (Wildman–Crippen LogP) is 2.63. The molecule has 0 amide bonds. The summed E-state index contributed by atoms with van der Waals surface area (Å²) in [5, 5.41) is 0. The van der Waals surface area contributed by atoms with Gasteiger partial charge in [-0.2, -0.15) is 0 Å². The van der Waals surface area contributed by atoms with Gasteiger partial charge in [0.25, 0.3) is 0 Å². The minimum atomic E-state index is -0.570. The molecule has 4 nitrogen and oxygen atoms in total. The van der Waals surface area contributed by atoms with Gasteiger partial charge in [0.15, 0.2) is 5.79 Å². The van der Waals surface area contributed by atoms with Crippen LogP contribution in [0.15, 0.2) is 24.3 Å². The molecule has 2 N–H and O–H groups in total. The second-order valence-corrected chi connectivity index (χ2v) is 5.00. The predicted molar refractivity (Wildman–Crippen MR) is 74.1 cm³/mol. The van der Waals surface area contributed by atoms with Crippen LogP contribution in [0, 0.1) is 0 Å². The summed E-state index contributed by atoms with van der Waals surface area (Å²) in [7, 11) is 0. The zero-order chi connectivity index (χ0) is 13.7. The van der Waals surface area contributed by atoms with Crippen LogP contribution < -0.4 is 10.5 Å². The first-order valence-electron chi connectivity index (χ1n) is 6.89. The Bertz CT molecular complexity index is 402. The molecule has 1 heterocycles. The van der Waals surface area contributed by atoms with Crippen molar-refractivity contribution in [3.63, 3.8) is 0 Å². The fraction of sp³-hybridized carbons (Fsp3) is 0.600. The second kappa shape index (κ2) is 6.37. The van der Waals surface area contributed by atoms with Gasteiger partial charge in [-0.25, -0.2) is 0 Å². The summed E-state index contributed by atoms with van der Waals surface area (Å²) in [6.45, 7) is 6.06. The van der Waals surface area contributed by atoms with Crippen LogP contribution in [0.25, 0.3) is 0 Å². The van der Waals surface area contributed by atoms with Crippen LogP contribution in [-0.2, 0) is 9.47 Å². The molecule has 0 radical (unpaired) electrons. The standard InChI is InChI=1S/C15H23NO3/c1-3-17-13-7-4-6-12(10-13)14(16)11-15(2)18-8-5-9-19-15/h4,6-7,10,14H,3,5,8-9,11,16H2,1-2H3. The van der Waals surface area contributed by atoms with E-state index in [-0.39, 0.29) is 6.04 Å². The molecule has 0 bridgehead atoms. The van der Waals surface area contributed by atoms with Crippen LogP contribution in [-0.4, -0.2) is 25.6 Å². The molecule has 1 unspecified atom stereocenters. The van der Waals surface area contributed by atoms with Crippen LogP contribution in [0.1, 0.15) is 38.3 Å². The molecule has 1 atom stereocenters. The first-order chi connectivity index (χ1) is 9.13. The summed E-state index contributed by atoms with van der Waals surface area (Å²) < 4.78 is 16.9. The number of nitrogens with two attached hydrogens (primary N) is 1. The molecule has 1 aliphatic rings. The van der Waals surface area contributed by atoms with E-state index in [2.05, 4.69) is 0 Å². The van der Waals surface area contributed by atoms with E-state index in [4.69, 9.17) is 19.9 Å². The zero-order valence-electron chi connectivity index (χ0n) is 11.7. The van der Waals surface area contributed by atoms with Gasteiger partial charge in [0.05, 0.1) is 19.8 Å². The summed E-state index contributed by atoms with van der Waals surface area (Å²) in [5.74, 6) is 0.283. The summed E-state index contributed by atoms with van der Waals surface area (Å²) >= 11 is 0. The molecule has 1 fully saturated rings. The largest absolute Gasteiger partial charge is 0.494 e. The Morgan fingerprint density at radius 3 is 2.79 bits per heavy atom. The van der Waals surface area contributed by atoms with Crippen molar-refractivity contribution in [2.24, 2.45) is 5.73 Å². The Kier molecular flexibility index (Phi) is 4.80. The molecule has 1 aromatic rings. The quantitative estimate of drug-likeness (QED) is 0.889. The van der Waals surface area contributed by atoms with Gasteiger partial charge in [-0.15, -0.1) is 0 Å². The van der Waals surface area contributed by atoms with E-state index >= 15 is 0 Å². The molecule has 106 valence electrons. The summed E-state index contributed by atoms with van der Waals surface area (Å²) in [4.78, 5) is 0. The van der Waals surface area contributed by atoms with Crippen molar-refractivity contribution < 1.29 is 14.2 Å². The number of hydrogen-bond acceptors (Lipinski definition) is 4. The van der Waals surface area contributed by atoms with Gasteiger partial charge >= 0.3 is 0 Å². The van der Waals surface area contributed by atoms with Crippen molar-refractivity contribution in [2.45, 2.75) is 38.5 Å². The Balaban J connectivity index is 2.02. The maximum atomic E-state index is 6.26. The average Bonchev–Trinajstić information content (AvgIpc) is 2.40. The Labute approximate surface area is 114 Å². The SMILES string of the molecule is CCOc1cccc(C(N)CC2(C)OCCCO2)c1. The maximum absolute atomic E-state index is 6.26. The second-order valence-electron chi connectivity index (χ2n) is 5.00. The van der Waals surface area contributed by atoms with Gasteiger partial charge in [0.2, 0.25) is 0 Å². The van der Waals surface area contributed by atoms with E-state index in [9.17, 15) is 0 Å². The molecule has 2 rings (SSSR count). The van der Waals surface area contributed by atoms with Gasteiger partial charge < -0.3 is 19.9 Å². The van der Waals surface area contributed by atoms with Gasteiger partial charge in [-0.05, 0) is 38.0 Å². The van der Waals surface area contributed by atoms with Crippen molar-refractivity contribution in [3.8, 4) is 5.75 Å². The monoisotopic (exact) mass is 265 g/mol. The van der Waals surface area contributed by atoms with Crippen molar-refractivity contribution in [3.05, 3.63) is 29.8 Å². The Morgan fingerprint density at radius 2 is 2.11 bits per heavy atom. The Hall–Kier alpha value is -1.10. The minimum absolute atomic E-state index is 0.122. The molecule has 1 aromatic carbocycles. The van der Waals surface area contributed by atoms with E-state index in [1.54, 1.807) is 0 Å². The summed E-state index contributed by atoms with van der Waals surface area (Å²) in [6, 6.07) is 7.78. The number of rotatable bonds is 5. The molecule has 1 saturated heterocycles. The van der Waals surface area contributed by atoms with E-state index in [1.165, 1.54) is 0 Å². The highest BCUT2D eigenvalue weighted by atomic mass is 16.7. The van der Waals surface area contributed by atoms with Crippen molar-refractivity contribution in [2.75, 3.05) is 19.8 Å². The minimum Gasteiger partial charge on any atom is -0.494 e. The lowest BCUT2D eigenvalue weighted by Gasteiger charge is -2.35. The fourth-order valence-corrected chi connectivity index (χ4v) is 2.31. The van der Waals surface area contributed by atoms with Crippen LogP contribution in [0.5, 0.6) is 5.75 Å². The molecule has 0 aromatic heterocycles. The lowest BCUT2D eigenvalue weighted by molar-refractivity contribution is -0.260. The summed E-state index contributed by atoms with van der Waals surface area (Å²) in [5.41, 5.74) is 7.31. The van der Waals surface area contributed by atoms with E-state index in [0.29, 0.717) is 13.0 Å². The van der Waals surface area contributed by atoms with Gasteiger partial charge in [0.1, 0.15) is 5.75 Å². The number of benzene rings is 1. The van der Waals surface area contributed by atoms with Crippen LogP contribution in [0.3, 0.4) is 0 Å². The third-order valence-corrected chi connectivity index (χ3v) is 3.29. The van der Waals surface area contributed by atoms with Crippen molar-refractivity contribution in [1.29, 1.82) is 0 Å². The van der Waals surface area contributed by atoms with E-state index < -0.39 is 5.79 Å². The van der Waals surface area contributed by atoms with Gasteiger partial charge in [-0.3, -0.25) is 0 Å². The maximum Gasteiger partial charge on any atom is 0.167 e. The van der Waals surface area contributed by atoms with Crippen LogP contribution in [0.4, 0.5) is 0 Å². The normalized spacial score (nSPS) is 19.9. The molecule has 1 aliphatic heterocycles. The van der Waals surface area contributed by atoms with Gasteiger partial charge in [0, 0.05) is 12.5 Å². The number of hydrogen-bond donors (Lipinski definition) is 1. The molecule has 0 saturated carbocycles. The molecular weight excluding hydrogens is 242 g/mol. The van der Waals surface area contributed by atoms with Crippen molar-refractivity contribution >= 4 is 0 Å². The zero-order valence-corrected chi connectivity index (χ0v) is 11.7. The molecule has 0 aliphatic carbocycles. The van der Waals surface area contributed by atoms with E-state index in [0.717, 1.165) is 30.9 Å². The highest BCUT2D eigenvalue weighted by Crippen LogP contribution is 2.29. The summed E-state index contributed by atoms with van der Waals surface area (Å²) in [6.07, 6.45) is 1.59. The molecule has 0 spiro atoms. The average molecular weight is 265 g/mol. The third-order valence-electron chi connectivity index (χ3n) is 3.29. The molecule has 19 heavy (non-hydrogen) atoms. The third kappa shape index (κ3) is 3.93. The molecule has 4 heteroatoms. The smallest absolute Gasteiger partial charge is 0.167 e. The van der Waals surface area contributed by atoms with E-state index in [1.807, 2.05) is 38.1 Å². The lowest BCUT2D eigenvalue weighted by Crippen LogP contribution is -2.40. The van der Waals surface area contributed by atoms with Crippen LogP contribution in [0.2, 0.25) is 0 Å². The first-order valence-corrected chi connectivity index (χ1v) is 6.89. The van der Waals surface area contributed by atoms with Gasteiger partial charge in [-0.1, -0.05) is 12.1 Å². The lowest BCUT2D eigenvalue weighted by atomic mass is 9.99. The Morgan fingerprint density at radius 1 is 1.37 bits per heavy atom. The first kappa shape index (κ1) is 14.3. The highest BCUT2D eigenvalue weighted by molar-refractivity contribution is 5.30.